The number of aromatic nitrogens is 4. The minimum atomic E-state index is -0.675. The quantitative estimate of drug-likeness (QED) is 0.731. The Morgan fingerprint density at radius 3 is 2.64 bits per heavy atom. The molecule has 0 bridgehead atoms. The van der Waals surface area contributed by atoms with Crippen molar-refractivity contribution in [3.8, 4) is 0 Å². The number of thiophene rings is 1. The van der Waals surface area contributed by atoms with Crippen molar-refractivity contribution in [2.45, 2.75) is 20.4 Å². The first kappa shape index (κ1) is 16.8. The lowest BCUT2D eigenvalue weighted by atomic mass is 10.3. The highest BCUT2D eigenvalue weighted by Crippen LogP contribution is 2.09. The molecular formula is C16H15N5O3S. The van der Waals surface area contributed by atoms with Gasteiger partial charge >= 0.3 is 5.69 Å². The van der Waals surface area contributed by atoms with Crippen LogP contribution >= 0.6 is 11.3 Å². The van der Waals surface area contributed by atoms with E-state index in [0.717, 1.165) is 15.6 Å². The van der Waals surface area contributed by atoms with Gasteiger partial charge in [0.25, 0.3) is 11.5 Å². The van der Waals surface area contributed by atoms with Gasteiger partial charge in [0, 0.05) is 22.5 Å². The van der Waals surface area contributed by atoms with Crippen LogP contribution in [0.5, 0.6) is 0 Å². The molecule has 0 atom stereocenters. The second kappa shape index (κ2) is 6.81. The molecule has 3 rings (SSSR count). The average Bonchev–Trinajstić information content (AvgIpc) is 3.03. The predicted octanol–water partition coefficient (Wildman–Crippen LogP) is 1.31. The van der Waals surface area contributed by atoms with Crippen molar-refractivity contribution in [2.75, 3.05) is 5.32 Å². The summed E-state index contributed by atoms with van der Waals surface area (Å²) in [4.78, 5) is 48.3. The Morgan fingerprint density at radius 2 is 2.00 bits per heavy atom. The van der Waals surface area contributed by atoms with Gasteiger partial charge in [0.1, 0.15) is 5.56 Å². The largest absolute Gasteiger partial charge is 0.328 e. The van der Waals surface area contributed by atoms with E-state index in [1.807, 2.05) is 17.5 Å². The molecule has 0 saturated heterocycles. The van der Waals surface area contributed by atoms with Crippen LogP contribution in [0.1, 0.15) is 26.6 Å². The van der Waals surface area contributed by atoms with E-state index in [-0.39, 0.29) is 18.1 Å². The van der Waals surface area contributed by atoms with Crippen molar-refractivity contribution in [1.29, 1.82) is 0 Å². The number of H-pyrrole nitrogens is 1. The van der Waals surface area contributed by atoms with E-state index in [1.54, 1.807) is 19.9 Å². The number of aromatic amines is 1. The van der Waals surface area contributed by atoms with E-state index in [0.29, 0.717) is 11.4 Å². The fraction of sp³-hybridized carbons (Fsp3) is 0.188. The molecule has 9 heteroatoms. The highest BCUT2D eigenvalue weighted by molar-refractivity contribution is 7.09. The minimum Gasteiger partial charge on any atom is -0.313 e. The number of nitrogens with one attached hydrogen (secondary N) is 2. The van der Waals surface area contributed by atoms with E-state index in [1.165, 1.54) is 11.3 Å². The summed E-state index contributed by atoms with van der Waals surface area (Å²) in [6, 6.07) is 5.41. The molecule has 0 radical (unpaired) electrons. The highest BCUT2D eigenvalue weighted by atomic mass is 32.1. The van der Waals surface area contributed by atoms with E-state index in [9.17, 15) is 14.4 Å². The second-order valence-electron chi connectivity index (χ2n) is 5.41. The number of nitrogens with zero attached hydrogens (tertiary/aromatic N) is 3. The minimum absolute atomic E-state index is 0.104. The Balaban J connectivity index is 1.93. The Labute approximate surface area is 146 Å². The maximum Gasteiger partial charge on any atom is 0.328 e. The number of amides is 1. The number of hydrogen-bond acceptors (Lipinski definition) is 6. The third kappa shape index (κ3) is 3.72. The van der Waals surface area contributed by atoms with Gasteiger partial charge in [-0.1, -0.05) is 6.07 Å². The molecule has 0 aliphatic rings. The van der Waals surface area contributed by atoms with Crippen LogP contribution in [0.4, 0.5) is 5.95 Å². The van der Waals surface area contributed by atoms with Crippen LogP contribution in [0.3, 0.4) is 0 Å². The summed E-state index contributed by atoms with van der Waals surface area (Å²) in [6.45, 7) is 3.66. The molecule has 0 unspecified atom stereocenters. The summed E-state index contributed by atoms with van der Waals surface area (Å²) in [7, 11) is 0. The topological polar surface area (TPSA) is 110 Å². The molecule has 128 valence electrons. The molecule has 0 saturated carbocycles. The molecule has 0 aliphatic carbocycles. The van der Waals surface area contributed by atoms with Crippen LogP contribution in [0, 0.1) is 13.8 Å². The Hall–Kier alpha value is -3.07. The molecule has 1 amide bonds. The SMILES string of the molecule is Cc1cc(C)nc(NC(=O)c2c[nH]c(=O)n(Cc3cccs3)c2=O)n1. The summed E-state index contributed by atoms with van der Waals surface area (Å²) < 4.78 is 0.989. The van der Waals surface area contributed by atoms with Gasteiger partial charge in [0.2, 0.25) is 5.95 Å². The maximum absolute atomic E-state index is 12.5. The van der Waals surface area contributed by atoms with Gasteiger partial charge in [-0.25, -0.2) is 14.8 Å². The zero-order valence-electron chi connectivity index (χ0n) is 13.6. The van der Waals surface area contributed by atoms with Gasteiger partial charge in [-0.2, -0.15) is 0 Å². The number of rotatable bonds is 4. The van der Waals surface area contributed by atoms with Gasteiger partial charge in [0.15, 0.2) is 0 Å². The Morgan fingerprint density at radius 1 is 1.28 bits per heavy atom. The van der Waals surface area contributed by atoms with E-state index in [4.69, 9.17) is 0 Å². The lowest BCUT2D eigenvalue weighted by Gasteiger charge is -2.07. The smallest absolute Gasteiger partial charge is 0.313 e. The van der Waals surface area contributed by atoms with Gasteiger partial charge < -0.3 is 4.98 Å². The monoisotopic (exact) mass is 357 g/mol. The van der Waals surface area contributed by atoms with E-state index < -0.39 is 17.2 Å². The first-order valence-electron chi connectivity index (χ1n) is 7.42. The van der Waals surface area contributed by atoms with Crippen molar-refractivity contribution < 1.29 is 4.79 Å². The van der Waals surface area contributed by atoms with Crippen LogP contribution in [0.25, 0.3) is 0 Å². The summed E-state index contributed by atoms with van der Waals surface area (Å²) in [5, 5.41) is 4.34. The Kier molecular flexibility index (Phi) is 4.57. The van der Waals surface area contributed by atoms with Crippen molar-refractivity contribution in [2.24, 2.45) is 0 Å². The summed E-state index contributed by atoms with van der Waals surface area (Å²) in [5.74, 6) is -0.566. The predicted molar refractivity (Wildman–Crippen MR) is 94.2 cm³/mol. The van der Waals surface area contributed by atoms with Crippen molar-refractivity contribution in [1.82, 2.24) is 19.5 Å². The van der Waals surface area contributed by atoms with Crippen molar-refractivity contribution in [3.63, 3.8) is 0 Å². The molecular weight excluding hydrogens is 342 g/mol. The van der Waals surface area contributed by atoms with Gasteiger partial charge in [0.05, 0.1) is 6.54 Å². The van der Waals surface area contributed by atoms with E-state index >= 15 is 0 Å². The Bertz CT molecular complexity index is 1020. The first-order valence-corrected chi connectivity index (χ1v) is 8.30. The molecule has 0 fully saturated rings. The van der Waals surface area contributed by atoms with Crippen LogP contribution in [0.15, 0.2) is 39.4 Å². The molecule has 25 heavy (non-hydrogen) atoms. The fourth-order valence-corrected chi connectivity index (χ4v) is 3.02. The maximum atomic E-state index is 12.5. The molecule has 3 aromatic heterocycles. The molecule has 8 nitrogen and oxygen atoms in total. The number of hydrogen-bond donors (Lipinski definition) is 2. The number of anilines is 1. The molecule has 0 aromatic carbocycles. The third-order valence-electron chi connectivity index (χ3n) is 3.41. The molecule has 2 N–H and O–H groups in total. The van der Waals surface area contributed by atoms with Crippen LogP contribution in [-0.2, 0) is 6.54 Å². The normalized spacial score (nSPS) is 10.6. The lowest BCUT2D eigenvalue weighted by molar-refractivity contribution is 0.102. The molecule has 3 aromatic rings. The zero-order chi connectivity index (χ0) is 18.0. The molecule has 0 spiro atoms. The van der Waals surface area contributed by atoms with Crippen LogP contribution in [0.2, 0.25) is 0 Å². The number of carbonyl (C=O) groups excluding carboxylic acids is 1. The third-order valence-corrected chi connectivity index (χ3v) is 4.27. The van der Waals surface area contributed by atoms with Crippen LogP contribution < -0.4 is 16.6 Å². The zero-order valence-corrected chi connectivity index (χ0v) is 14.4. The fourth-order valence-electron chi connectivity index (χ4n) is 2.33. The summed E-state index contributed by atoms with van der Waals surface area (Å²) in [6.07, 6.45) is 1.10. The van der Waals surface area contributed by atoms with Crippen LogP contribution in [-0.4, -0.2) is 25.4 Å². The first-order chi connectivity index (χ1) is 11.9. The molecule has 0 aliphatic heterocycles. The standard InChI is InChI=1S/C16H15N5O3S/c1-9-6-10(2)19-15(18-9)20-13(22)12-7-17-16(24)21(14(12)23)8-11-4-3-5-25-11/h3-7H,8H2,1-2H3,(H,17,24)(H,18,19,20,22). The lowest BCUT2D eigenvalue weighted by Crippen LogP contribution is -2.39. The van der Waals surface area contributed by atoms with E-state index in [2.05, 4.69) is 20.3 Å². The number of carbonyl (C=O) groups is 1. The highest BCUT2D eigenvalue weighted by Gasteiger charge is 2.16. The average molecular weight is 357 g/mol. The number of aryl methyl sites for hydroxylation is 2. The van der Waals surface area contributed by atoms with Gasteiger partial charge in [-0.15, -0.1) is 11.3 Å². The second-order valence-corrected chi connectivity index (χ2v) is 6.44. The summed E-state index contributed by atoms with van der Waals surface area (Å²) >= 11 is 1.42. The summed E-state index contributed by atoms with van der Waals surface area (Å²) in [5.41, 5.74) is -0.0331. The van der Waals surface area contributed by atoms with Crippen molar-refractivity contribution >= 4 is 23.2 Å². The molecule has 3 heterocycles. The van der Waals surface area contributed by atoms with Gasteiger partial charge in [-0.05, 0) is 31.4 Å². The van der Waals surface area contributed by atoms with Gasteiger partial charge in [-0.3, -0.25) is 19.5 Å². The van der Waals surface area contributed by atoms with Crippen molar-refractivity contribution in [3.05, 3.63) is 72.4 Å².